The first-order valence-corrected chi connectivity index (χ1v) is 6.39. The van der Waals surface area contributed by atoms with Crippen molar-refractivity contribution in [2.75, 3.05) is 19.6 Å². The first-order valence-electron chi connectivity index (χ1n) is 6.39. The monoisotopic (exact) mass is 194 g/mol. The predicted octanol–water partition coefficient (Wildman–Crippen LogP) is 1.61. The summed E-state index contributed by atoms with van der Waals surface area (Å²) in [5.41, 5.74) is 0. The van der Waals surface area contributed by atoms with Crippen molar-refractivity contribution in [3.05, 3.63) is 0 Å². The Morgan fingerprint density at radius 2 is 2.21 bits per heavy atom. The highest BCUT2D eigenvalue weighted by molar-refractivity contribution is 4.92. The van der Waals surface area contributed by atoms with E-state index in [0.29, 0.717) is 0 Å². The number of piperidine rings is 1. The van der Waals surface area contributed by atoms with Crippen molar-refractivity contribution in [2.24, 2.45) is 5.92 Å². The van der Waals surface area contributed by atoms with Crippen molar-refractivity contribution in [2.45, 2.75) is 50.6 Å². The van der Waals surface area contributed by atoms with Gasteiger partial charge < -0.3 is 10.2 Å². The van der Waals surface area contributed by atoms with Crippen LogP contribution in [-0.4, -0.2) is 36.6 Å². The van der Waals surface area contributed by atoms with Crippen molar-refractivity contribution in [1.82, 2.24) is 10.2 Å². The predicted molar refractivity (Wildman–Crippen MR) is 58.3 cm³/mol. The molecule has 0 aromatic carbocycles. The van der Waals surface area contributed by atoms with E-state index in [1.54, 1.807) is 0 Å². The van der Waals surface area contributed by atoms with Crippen LogP contribution in [0.1, 0.15) is 38.5 Å². The first kappa shape index (κ1) is 9.17. The van der Waals surface area contributed by atoms with E-state index in [1.807, 2.05) is 0 Å². The molecule has 1 aliphatic carbocycles. The fourth-order valence-corrected chi connectivity index (χ4v) is 3.63. The van der Waals surface area contributed by atoms with Gasteiger partial charge in [-0.05, 0) is 57.5 Å². The van der Waals surface area contributed by atoms with Crippen molar-refractivity contribution in [1.29, 1.82) is 0 Å². The minimum absolute atomic E-state index is 0.842. The third-order valence-corrected chi connectivity index (χ3v) is 4.45. The van der Waals surface area contributed by atoms with Crippen LogP contribution in [0.4, 0.5) is 0 Å². The van der Waals surface area contributed by atoms with Gasteiger partial charge in [0.1, 0.15) is 0 Å². The zero-order valence-corrected chi connectivity index (χ0v) is 9.04. The molecule has 3 rings (SSSR count). The highest BCUT2D eigenvalue weighted by atomic mass is 15.2. The van der Waals surface area contributed by atoms with E-state index in [2.05, 4.69) is 10.2 Å². The molecule has 2 aliphatic heterocycles. The molecular weight excluding hydrogens is 172 g/mol. The van der Waals surface area contributed by atoms with Crippen molar-refractivity contribution in [3.8, 4) is 0 Å². The Kier molecular flexibility index (Phi) is 2.50. The van der Waals surface area contributed by atoms with Gasteiger partial charge in [-0.15, -0.1) is 0 Å². The lowest BCUT2D eigenvalue weighted by molar-refractivity contribution is 0.204. The molecule has 2 bridgehead atoms. The molecule has 80 valence electrons. The Labute approximate surface area is 87.0 Å². The van der Waals surface area contributed by atoms with E-state index < -0.39 is 0 Å². The van der Waals surface area contributed by atoms with Crippen LogP contribution >= 0.6 is 0 Å². The van der Waals surface area contributed by atoms with Gasteiger partial charge in [0.2, 0.25) is 0 Å². The number of nitrogens with one attached hydrogen (secondary N) is 1. The SMILES string of the molecule is C1CNC(CCN2CC3CCC2C3)C1. The highest BCUT2D eigenvalue weighted by Gasteiger charge is 2.37. The van der Waals surface area contributed by atoms with Gasteiger partial charge in [0.25, 0.3) is 0 Å². The minimum atomic E-state index is 0.842. The molecular formula is C12H22N2. The summed E-state index contributed by atoms with van der Waals surface area (Å²) in [7, 11) is 0. The van der Waals surface area contributed by atoms with Gasteiger partial charge in [0, 0.05) is 18.6 Å². The largest absolute Gasteiger partial charge is 0.314 e. The Morgan fingerprint density at radius 3 is 2.86 bits per heavy atom. The summed E-state index contributed by atoms with van der Waals surface area (Å²) in [6.07, 6.45) is 8.73. The van der Waals surface area contributed by atoms with Crippen LogP contribution in [0.3, 0.4) is 0 Å². The molecule has 3 aliphatic rings. The van der Waals surface area contributed by atoms with Crippen LogP contribution in [0.25, 0.3) is 0 Å². The maximum atomic E-state index is 3.60. The number of fused-ring (bicyclic) bond motifs is 2. The van der Waals surface area contributed by atoms with Gasteiger partial charge in [-0.1, -0.05) is 0 Å². The average Bonchev–Trinajstić information content (AvgIpc) is 2.91. The van der Waals surface area contributed by atoms with E-state index in [1.165, 1.54) is 58.2 Å². The summed E-state index contributed by atoms with van der Waals surface area (Å²) in [5.74, 6) is 1.07. The molecule has 2 saturated heterocycles. The smallest absolute Gasteiger partial charge is 0.00986 e. The Bertz CT molecular complexity index is 198. The van der Waals surface area contributed by atoms with Crippen LogP contribution in [-0.2, 0) is 0 Å². The van der Waals surface area contributed by atoms with E-state index >= 15 is 0 Å². The fraction of sp³-hybridized carbons (Fsp3) is 1.00. The number of rotatable bonds is 3. The molecule has 2 heterocycles. The molecule has 3 fully saturated rings. The molecule has 14 heavy (non-hydrogen) atoms. The molecule has 0 radical (unpaired) electrons. The zero-order valence-electron chi connectivity index (χ0n) is 9.04. The molecule has 1 N–H and O–H groups in total. The van der Waals surface area contributed by atoms with Gasteiger partial charge in [-0.3, -0.25) is 0 Å². The average molecular weight is 194 g/mol. The molecule has 3 atom stereocenters. The third kappa shape index (κ3) is 1.70. The Hall–Kier alpha value is -0.0800. The molecule has 2 nitrogen and oxygen atoms in total. The Balaban J connectivity index is 1.44. The quantitative estimate of drug-likeness (QED) is 0.734. The molecule has 0 aromatic heterocycles. The number of hydrogen-bond acceptors (Lipinski definition) is 2. The van der Waals surface area contributed by atoms with E-state index in [9.17, 15) is 0 Å². The second kappa shape index (κ2) is 3.82. The van der Waals surface area contributed by atoms with Gasteiger partial charge in [-0.25, -0.2) is 0 Å². The zero-order chi connectivity index (χ0) is 9.38. The lowest BCUT2D eigenvalue weighted by Gasteiger charge is -2.27. The van der Waals surface area contributed by atoms with Crippen molar-refractivity contribution in [3.63, 3.8) is 0 Å². The highest BCUT2D eigenvalue weighted by Crippen LogP contribution is 2.37. The topological polar surface area (TPSA) is 15.3 Å². The normalized spacial score (nSPS) is 42.4. The summed E-state index contributed by atoms with van der Waals surface area (Å²) in [4.78, 5) is 2.76. The third-order valence-electron chi connectivity index (χ3n) is 4.45. The van der Waals surface area contributed by atoms with Crippen molar-refractivity contribution >= 4 is 0 Å². The van der Waals surface area contributed by atoms with E-state index in [-0.39, 0.29) is 0 Å². The lowest BCUT2D eigenvalue weighted by atomic mass is 10.1. The van der Waals surface area contributed by atoms with Crippen LogP contribution in [0, 0.1) is 5.92 Å². The summed E-state index contributed by atoms with van der Waals surface area (Å²) in [6.45, 7) is 4.03. The van der Waals surface area contributed by atoms with Crippen LogP contribution in [0.5, 0.6) is 0 Å². The van der Waals surface area contributed by atoms with Crippen LogP contribution in [0.2, 0.25) is 0 Å². The second-order valence-corrected chi connectivity index (χ2v) is 5.41. The summed E-state index contributed by atoms with van der Waals surface area (Å²) < 4.78 is 0. The summed E-state index contributed by atoms with van der Waals surface area (Å²) in [5, 5.41) is 3.60. The van der Waals surface area contributed by atoms with Crippen LogP contribution < -0.4 is 5.32 Å². The lowest BCUT2D eigenvalue weighted by Crippen LogP contribution is -2.35. The Morgan fingerprint density at radius 1 is 1.21 bits per heavy atom. The van der Waals surface area contributed by atoms with Gasteiger partial charge in [0.15, 0.2) is 0 Å². The number of nitrogens with zero attached hydrogens (tertiary/aromatic N) is 1. The molecule has 0 amide bonds. The maximum Gasteiger partial charge on any atom is 0.00986 e. The number of likely N-dealkylation sites (tertiary alicyclic amines) is 1. The number of hydrogen-bond donors (Lipinski definition) is 1. The standard InChI is InChI=1S/C12H22N2/c1-2-11(13-6-1)5-7-14-9-10-3-4-12(14)8-10/h10-13H,1-9H2. The second-order valence-electron chi connectivity index (χ2n) is 5.41. The molecule has 3 unspecified atom stereocenters. The van der Waals surface area contributed by atoms with Gasteiger partial charge in [-0.2, -0.15) is 0 Å². The molecule has 1 saturated carbocycles. The molecule has 0 spiro atoms. The van der Waals surface area contributed by atoms with Crippen molar-refractivity contribution < 1.29 is 0 Å². The maximum absolute atomic E-state index is 3.60. The van der Waals surface area contributed by atoms with Gasteiger partial charge >= 0.3 is 0 Å². The summed E-state index contributed by atoms with van der Waals surface area (Å²) >= 11 is 0. The van der Waals surface area contributed by atoms with Crippen LogP contribution in [0.15, 0.2) is 0 Å². The molecule has 2 heteroatoms. The minimum Gasteiger partial charge on any atom is -0.314 e. The van der Waals surface area contributed by atoms with E-state index in [0.717, 1.165) is 18.0 Å². The fourth-order valence-electron chi connectivity index (χ4n) is 3.63. The molecule has 0 aromatic rings. The van der Waals surface area contributed by atoms with Gasteiger partial charge in [0.05, 0.1) is 0 Å². The van der Waals surface area contributed by atoms with E-state index in [4.69, 9.17) is 0 Å². The first-order chi connectivity index (χ1) is 6.92. The summed E-state index contributed by atoms with van der Waals surface area (Å²) in [6, 6.07) is 1.82.